The number of nitrogens with one attached hydrogen (secondary N) is 2. The fourth-order valence-electron chi connectivity index (χ4n) is 2.76. The highest BCUT2D eigenvalue weighted by Crippen LogP contribution is 2.20. The van der Waals surface area contributed by atoms with Gasteiger partial charge in [-0.15, -0.1) is 0 Å². The maximum atomic E-state index is 11.3. The standard InChI is InChI=1S/C19H20N4O3/c1-12-8-18(26)22-23-19(12)14-2-4-15(5-3-14)21-20-7-6-13-9-16(24)11-17(25)10-13/h2-5,7,9-12,21,24-25H,6,8H2,1H3,(H,22,26). The fraction of sp³-hybridized carbons (Fsp3) is 0.211. The third-order valence-corrected chi connectivity index (χ3v) is 4.01. The summed E-state index contributed by atoms with van der Waals surface area (Å²) in [4.78, 5) is 11.3. The molecular formula is C19H20N4O3. The van der Waals surface area contributed by atoms with E-state index in [2.05, 4.69) is 21.1 Å². The Morgan fingerprint density at radius 2 is 1.92 bits per heavy atom. The Bertz CT molecular complexity index is 839. The molecule has 1 aliphatic heterocycles. The third kappa shape index (κ3) is 4.38. The molecule has 0 saturated carbocycles. The van der Waals surface area contributed by atoms with Crippen molar-refractivity contribution in [3.05, 3.63) is 53.6 Å². The molecule has 4 N–H and O–H groups in total. The predicted octanol–water partition coefficient (Wildman–Crippen LogP) is 2.60. The summed E-state index contributed by atoms with van der Waals surface area (Å²) in [6, 6.07) is 12.1. The molecule has 0 aliphatic carbocycles. The van der Waals surface area contributed by atoms with Gasteiger partial charge in [0.2, 0.25) is 5.91 Å². The normalized spacial score (nSPS) is 17.0. The lowest BCUT2D eigenvalue weighted by molar-refractivity contribution is -0.121. The van der Waals surface area contributed by atoms with Crippen LogP contribution >= 0.6 is 0 Å². The molecule has 1 heterocycles. The van der Waals surface area contributed by atoms with Crippen molar-refractivity contribution in [1.82, 2.24) is 5.43 Å². The second kappa shape index (κ2) is 7.69. The fourth-order valence-corrected chi connectivity index (χ4v) is 2.76. The highest BCUT2D eigenvalue weighted by molar-refractivity contribution is 6.05. The summed E-state index contributed by atoms with van der Waals surface area (Å²) in [6.45, 7) is 1.98. The molecule has 7 nitrogen and oxygen atoms in total. The Hall–Kier alpha value is -3.35. The monoisotopic (exact) mass is 352 g/mol. The van der Waals surface area contributed by atoms with Gasteiger partial charge in [0.25, 0.3) is 0 Å². The van der Waals surface area contributed by atoms with Crippen molar-refractivity contribution in [3.63, 3.8) is 0 Å². The van der Waals surface area contributed by atoms with E-state index in [0.29, 0.717) is 12.8 Å². The van der Waals surface area contributed by atoms with Gasteiger partial charge in [-0.05, 0) is 35.4 Å². The molecule has 3 rings (SSSR count). The summed E-state index contributed by atoms with van der Waals surface area (Å²) in [6.07, 6.45) is 2.57. The summed E-state index contributed by atoms with van der Waals surface area (Å²) < 4.78 is 0. The maximum Gasteiger partial charge on any atom is 0.240 e. The smallest absolute Gasteiger partial charge is 0.240 e. The van der Waals surface area contributed by atoms with E-state index < -0.39 is 0 Å². The molecule has 1 unspecified atom stereocenters. The van der Waals surface area contributed by atoms with E-state index in [0.717, 1.165) is 22.5 Å². The first-order chi connectivity index (χ1) is 12.5. The average Bonchev–Trinajstić information content (AvgIpc) is 2.59. The molecular weight excluding hydrogens is 332 g/mol. The van der Waals surface area contributed by atoms with E-state index in [1.54, 1.807) is 18.3 Å². The molecule has 1 amide bonds. The zero-order valence-corrected chi connectivity index (χ0v) is 14.3. The minimum absolute atomic E-state index is 0.0213. The number of hydrazone groups is 2. The number of hydrogen-bond donors (Lipinski definition) is 4. The number of aromatic hydroxyl groups is 2. The Morgan fingerprint density at radius 1 is 1.23 bits per heavy atom. The predicted molar refractivity (Wildman–Crippen MR) is 100 cm³/mol. The molecule has 7 heteroatoms. The van der Waals surface area contributed by atoms with E-state index in [-0.39, 0.29) is 23.3 Å². The summed E-state index contributed by atoms with van der Waals surface area (Å²) in [5.41, 5.74) is 8.84. The lowest BCUT2D eigenvalue weighted by atomic mass is 9.94. The molecule has 0 fully saturated rings. The SMILES string of the molecule is CC1CC(=O)NN=C1c1ccc(NN=CCc2cc(O)cc(O)c2)cc1. The van der Waals surface area contributed by atoms with Crippen molar-refractivity contribution in [2.75, 3.05) is 5.43 Å². The van der Waals surface area contributed by atoms with Gasteiger partial charge in [0.1, 0.15) is 11.5 Å². The highest BCUT2D eigenvalue weighted by atomic mass is 16.3. The Labute approximate surface area is 151 Å². The lowest BCUT2D eigenvalue weighted by Crippen LogP contribution is -2.31. The minimum atomic E-state index is -0.0612. The van der Waals surface area contributed by atoms with Crippen LogP contribution in [0.3, 0.4) is 0 Å². The van der Waals surface area contributed by atoms with Crippen molar-refractivity contribution in [1.29, 1.82) is 0 Å². The molecule has 0 radical (unpaired) electrons. The second-order valence-corrected chi connectivity index (χ2v) is 6.20. The number of benzene rings is 2. The van der Waals surface area contributed by atoms with E-state index in [4.69, 9.17) is 0 Å². The Morgan fingerprint density at radius 3 is 2.58 bits per heavy atom. The van der Waals surface area contributed by atoms with Gasteiger partial charge in [0, 0.05) is 31.0 Å². The number of rotatable bonds is 5. The minimum Gasteiger partial charge on any atom is -0.508 e. The van der Waals surface area contributed by atoms with Crippen molar-refractivity contribution < 1.29 is 15.0 Å². The van der Waals surface area contributed by atoms with Crippen LogP contribution in [0.2, 0.25) is 0 Å². The zero-order valence-electron chi connectivity index (χ0n) is 14.3. The molecule has 0 aromatic heterocycles. The van der Waals surface area contributed by atoms with Crippen LogP contribution in [0.15, 0.2) is 52.7 Å². The molecule has 0 spiro atoms. The van der Waals surface area contributed by atoms with Crippen LogP contribution in [0.1, 0.15) is 24.5 Å². The maximum absolute atomic E-state index is 11.3. The number of nitrogens with zero attached hydrogens (tertiary/aromatic N) is 2. The Balaban J connectivity index is 1.58. The molecule has 2 aromatic carbocycles. The Kier molecular flexibility index (Phi) is 5.17. The van der Waals surface area contributed by atoms with E-state index >= 15 is 0 Å². The van der Waals surface area contributed by atoms with Gasteiger partial charge in [-0.2, -0.15) is 10.2 Å². The quantitative estimate of drug-likeness (QED) is 0.490. The van der Waals surface area contributed by atoms with E-state index in [1.807, 2.05) is 31.2 Å². The first kappa shape index (κ1) is 17.5. The van der Waals surface area contributed by atoms with Crippen molar-refractivity contribution in [3.8, 4) is 11.5 Å². The van der Waals surface area contributed by atoms with Gasteiger partial charge >= 0.3 is 0 Å². The number of carbonyl (C=O) groups is 1. The number of anilines is 1. The topological polar surface area (TPSA) is 106 Å². The van der Waals surface area contributed by atoms with Gasteiger partial charge in [0.15, 0.2) is 0 Å². The number of hydrogen-bond acceptors (Lipinski definition) is 6. The molecule has 0 saturated heterocycles. The van der Waals surface area contributed by atoms with Crippen LogP contribution in [0.5, 0.6) is 11.5 Å². The van der Waals surface area contributed by atoms with Crippen molar-refractivity contribution in [2.24, 2.45) is 16.1 Å². The van der Waals surface area contributed by atoms with Crippen LogP contribution in [0, 0.1) is 5.92 Å². The van der Waals surface area contributed by atoms with Crippen molar-refractivity contribution >= 4 is 23.5 Å². The molecule has 1 atom stereocenters. The van der Waals surface area contributed by atoms with Crippen molar-refractivity contribution in [2.45, 2.75) is 19.8 Å². The molecule has 134 valence electrons. The van der Waals surface area contributed by atoms with Crippen LogP contribution in [0.4, 0.5) is 5.69 Å². The first-order valence-electron chi connectivity index (χ1n) is 8.27. The highest BCUT2D eigenvalue weighted by Gasteiger charge is 2.21. The molecule has 0 bridgehead atoms. The molecule has 1 aliphatic rings. The third-order valence-electron chi connectivity index (χ3n) is 4.01. The summed E-state index contributed by atoms with van der Waals surface area (Å²) in [7, 11) is 0. The van der Waals surface area contributed by atoms with Crippen LogP contribution in [-0.4, -0.2) is 28.0 Å². The van der Waals surface area contributed by atoms with Crippen LogP contribution < -0.4 is 10.9 Å². The average molecular weight is 352 g/mol. The van der Waals surface area contributed by atoms with Gasteiger partial charge in [-0.3, -0.25) is 10.2 Å². The van der Waals surface area contributed by atoms with E-state index in [9.17, 15) is 15.0 Å². The zero-order chi connectivity index (χ0) is 18.5. The summed E-state index contributed by atoms with van der Waals surface area (Å²) in [5.74, 6) is 0.0641. The van der Waals surface area contributed by atoms with E-state index in [1.165, 1.54) is 6.07 Å². The van der Waals surface area contributed by atoms with Crippen LogP contribution in [-0.2, 0) is 11.2 Å². The number of phenols is 2. The lowest BCUT2D eigenvalue weighted by Gasteiger charge is -2.19. The van der Waals surface area contributed by atoms with Gasteiger partial charge < -0.3 is 10.2 Å². The number of phenolic OH excluding ortho intramolecular Hbond substituents is 2. The van der Waals surface area contributed by atoms with Gasteiger partial charge in [0.05, 0.1) is 11.4 Å². The van der Waals surface area contributed by atoms with Gasteiger partial charge in [-0.25, -0.2) is 5.43 Å². The van der Waals surface area contributed by atoms with Gasteiger partial charge in [-0.1, -0.05) is 19.1 Å². The summed E-state index contributed by atoms with van der Waals surface area (Å²) >= 11 is 0. The number of amides is 1. The van der Waals surface area contributed by atoms with Crippen LogP contribution in [0.25, 0.3) is 0 Å². The number of carbonyl (C=O) groups excluding carboxylic acids is 1. The largest absolute Gasteiger partial charge is 0.508 e. The molecule has 26 heavy (non-hydrogen) atoms. The second-order valence-electron chi connectivity index (χ2n) is 6.20. The summed E-state index contributed by atoms with van der Waals surface area (Å²) in [5, 5.41) is 27.2. The first-order valence-corrected chi connectivity index (χ1v) is 8.27. The molecule has 2 aromatic rings.